The van der Waals surface area contributed by atoms with Crippen molar-refractivity contribution in [3.8, 4) is 0 Å². The average molecular weight is 289 g/mol. The van der Waals surface area contributed by atoms with Gasteiger partial charge in [-0.05, 0) is 35.6 Å². The van der Waals surface area contributed by atoms with Gasteiger partial charge in [-0.3, -0.25) is 0 Å². The Balaban J connectivity index is 2.31. The Bertz CT molecular complexity index is 519. The third kappa shape index (κ3) is 3.56. The van der Waals surface area contributed by atoms with Crippen LogP contribution < -0.4 is 10.6 Å². The molecular formula is C17H27N3O. The molecule has 1 aromatic rings. The van der Waals surface area contributed by atoms with E-state index < -0.39 is 0 Å². The minimum absolute atomic E-state index is 0.0354. The van der Waals surface area contributed by atoms with Crippen molar-refractivity contribution in [1.29, 1.82) is 0 Å². The lowest BCUT2D eigenvalue weighted by molar-refractivity contribution is 0.218. The standard InChI is InChI=1S/C17H27N3O/c1-6-9-18-15(17(2,3)4)12-7-8-14-13(10-12)11-20(5)16(21)19-14/h7-8,10,15,18H,6,9,11H2,1-5H3,(H,19,21). The van der Waals surface area contributed by atoms with Crippen LogP contribution in [0.3, 0.4) is 0 Å². The first-order valence-electron chi connectivity index (χ1n) is 7.71. The number of hydrogen-bond donors (Lipinski definition) is 2. The molecule has 2 amide bonds. The van der Waals surface area contributed by atoms with E-state index in [4.69, 9.17) is 0 Å². The number of carbonyl (C=O) groups excluding carboxylic acids is 1. The number of nitrogens with one attached hydrogen (secondary N) is 2. The maximum Gasteiger partial charge on any atom is 0.321 e. The highest BCUT2D eigenvalue weighted by Gasteiger charge is 2.27. The molecule has 4 nitrogen and oxygen atoms in total. The van der Waals surface area contributed by atoms with Crippen LogP contribution in [0.5, 0.6) is 0 Å². The quantitative estimate of drug-likeness (QED) is 0.886. The summed E-state index contributed by atoms with van der Waals surface area (Å²) in [4.78, 5) is 13.4. The van der Waals surface area contributed by atoms with Crippen molar-refractivity contribution >= 4 is 11.7 Å². The van der Waals surface area contributed by atoms with E-state index in [0.717, 1.165) is 18.7 Å². The molecule has 1 atom stereocenters. The number of carbonyl (C=O) groups is 1. The molecule has 1 aliphatic heterocycles. The van der Waals surface area contributed by atoms with Gasteiger partial charge >= 0.3 is 6.03 Å². The monoisotopic (exact) mass is 289 g/mol. The minimum Gasteiger partial charge on any atom is -0.323 e. The van der Waals surface area contributed by atoms with Gasteiger partial charge in [0.2, 0.25) is 0 Å². The maximum absolute atomic E-state index is 11.7. The predicted molar refractivity (Wildman–Crippen MR) is 87.4 cm³/mol. The van der Waals surface area contributed by atoms with E-state index in [0.29, 0.717) is 12.6 Å². The Labute approximate surface area is 127 Å². The topological polar surface area (TPSA) is 44.4 Å². The summed E-state index contributed by atoms with van der Waals surface area (Å²) in [6.45, 7) is 10.6. The van der Waals surface area contributed by atoms with Crippen molar-refractivity contribution in [3.63, 3.8) is 0 Å². The van der Waals surface area contributed by atoms with Gasteiger partial charge in [0, 0.05) is 25.3 Å². The average Bonchev–Trinajstić information content (AvgIpc) is 2.39. The zero-order chi connectivity index (χ0) is 15.6. The largest absolute Gasteiger partial charge is 0.323 e. The Morgan fingerprint density at radius 1 is 1.38 bits per heavy atom. The SMILES string of the molecule is CCCNC(c1ccc2c(c1)CN(C)C(=O)N2)C(C)(C)C. The molecule has 1 aliphatic rings. The van der Waals surface area contributed by atoms with Gasteiger partial charge in [0.25, 0.3) is 0 Å². The zero-order valence-corrected chi connectivity index (χ0v) is 13.8. The van der Waals surface area contributed by atoms with Crippen molar-refractivity contribution in [2.24, 2.45) is 5.41 Å². The molecule has 116 valence electrons. The number of amides is 2. The summed E-state index contributed by atoms with van der Waals surface area (Å²) < 4.78 is 0. The van der Waals surface area contributed by atoms with Crippen LogP contribution in [-0.2, 0) is 6.54 Å². The molecule has 4 heteroatoms. The van der Waals surface area contributed by atoms with Gasteiger partial charge in [-0.1, -0.05) is 39.8 Å². The first kappa shape index (κ1) is 15.8. The fraction of sp³-hybridized carbons (Fsp3) is 0.588. The summed E-state index contributed by atoms with van der Waals surface area (Å²) in [6.07, 6.45) is 1.12. The van der Waals surface area contributed by atoms with Crippen LogP contribution in [0.4, 0.5) is 10.5 Å². The van der Waals surface area contributed by atoms with Gasteiger partial charge in [0.05, 0.1) is 0 Å². The molecule has 2 rings (SSSR count). The highest BCUT2D eigenvalue weighted by Crippen LogP contribution is 2.35. The lowest BCUT2D eigenvalue weighted by Gasteiger charge is -2.34. The molecule has 0 bridgehead atoms. The molecule has 1 unspecified atom stereocenters. The van der Waals surface area contributed by atoms with Crippen LogP contribution >= 0.6 is 0 Å². The second kappa shape index (κ2) is 6.06. The van der Waals surface area contributed by atoms with E-state index >= 15 is 0 Å². The smallest absolute Gasteiger partial charge is 0.321 e. The van der Waals surface area contributed by atoms with Crippen molar-refractivity contribution in [3.05, 3.63) is 29.3 Å². The van der Waals surface area contributed by atoms with Gasteiger partial charge in [0.15, 0.2) is 0 Å². The number of anilines is 1. The second-order valence-electron chi connectivity index (χ2n) is 6.96. The van der Waals surface area contributed by atoms with Crippen LogP contribution in [0.25, 0.3) is 0 Å². The Morgan fingerprint density at radius 2 is 2.10 bits per heavy atom. The number of urea groups is 1. The van der Waals surface area contributed by atoms with Gasteiger partial charge in [0.1, 0.15) is 0 Å². The van der Waals surface area contributed by atoms with Crippen LogP contribution in [0.1, 0.15) is 51.3 Å². The fourth-order valence-corrected chi connectivity index (χ4v) is 2.80. The number of rotatable bonds is 4. The van der Waals surface area contributed by atoms with Crippen LogP contribution in [0, 0.1) is 5.41 Å². The summed E-state index contributed by atoms with van der Waals surface area (Å²) in [5, 5.41) is 6.58. The number of benzene rings is 1. The molecule has 2 N–H and O–H groups in total. The van der Waals surface area contributed by atoms with Crippen molar-refractivity contribution in [1.82, 2.24) is 10.2 Å². The Kier molecular flexibility index (Phi) is 4.57. The van der Waals surface area contributed by atoms with Gasteiger partial charge in [-0.15, -0.1) is 0 Å². The van der Waals surface area contributed by atoms with Crippen LogP contribution in [0.2, 0.25) is 0 Å². The summed E-state index contributed by atoms with van der Waals surface area (Å²) in [5.74, 6) is 0. The van der Waals surface area contributed by atoms with Crippen molar-refractivity contribution in [2.45, 2.75) is 46.7 Å². The third-order valence-electron chi connectivity index (χ3n) is 3.92. The van der Waals surface area contributed by atoms with Crippen molar-refractivity contribution < 1.29 is 4.79 Å². The second-order valence-corrected chi connectivity index (χ2v) is 6.96. The Hall–Kier alpha value is -1.55. The summed E-state index contributed by atoms with van der Waals surface area (Å²) in [6, 6.07) is 6.66. The molecule has 0 saturated heterocycles. The van der Waals surface area contributed by atoms with Crippen LogP contribution in [-0.4, -0.2) is 24.5 Å². The van der Waals surface area contributed by atoms with E-state index in [1.165, 1.54) is 11.1 Å². The first-order valence-corrected chi connectivity index (χ1v) is 7.71. The summed E-state index contributed by atoms with van der Waals surface area (Å²) in [7, 11) is 1.82. The third-order valence-corrected chi connectivity index (χ3v) is 3.92. The molecule has 1 aromatic carbocycles. The summed E-state index contributed by atoms with van der Waals surface area (Å²) >= 11 is 0. The first-order chi connectivity index (χ1) is 9.82. The molecule has 0 aromatic heterocycles. The van der Waals surface area contributed by atoms with Gasteiger partial charge in [-0.25, -0.2) is 4.79 Å². The van der Waals surface area contributed by atoms with E-state index in [2.05, 4.69) is 50.5 Å². The highest BCUT2D eigenvalue weighted by molar-refractivity contribution is 5.92. The van der Waals surface area contributed by atoms with Crippen molar-refractivity contribution in [2.75, 3.05) is 18.9 Å². The number of fused-ring (bicyclic) bond motifs is 1. The summed E-state index contributed by atoms with van der Waals surface area (Å²) in [5.41, 5.74) is 3.55. The normalized spacial score (nSPS) is 16.4. The van der Waals surface area contributed by atoms with E-state index in [-0.39, 0.29) is 11.4 Å². The number of hydrogen-bond acceptors (Lipinski definition) is 2. The minimum atomic E-state index is -0.0354. The van der Waals surface area contributed by atoms with E-state index in [1.54, 1.807) is 4.90 Å². The van der Waals surface area contributed by atoms with E-state index in [1.807, 2.05) is 13.1 Å². The van der Waals surface area contributed by atoms with Gasteiger partial charge < -0.3 is 15.5 Å². The molecule has 0 radical (unpaired) electrons. The van der Waals surface area contributed by atoms with Crippen LogP contribution in [0.15, 0.2) is 18.2 Å². The number of nitrogens with zero attached hydrogens (tertiary/aromatic N) is 1. The van der Waals surface area contributed by atoms with E-state index in [9.17, 15) is 4.79 Å². The molecular weight excluding hydrogens is 262 g/mol. The highest BCUT2D eigenvalue weighted by atomic mass is 16.2. The molecule has 0 fully saturated rings. The Morgan fingerprint density at radius 3 is 2.71 bits per heavy atom. The molecule has 0 saturated carbocycles. The molecule has 21 heavy (non-hydrogen) atoms. The lowest BCUT2D eigenvalue weighted by Crippen LogP contribution is -2.36. The predicted octanol–water partition coefficient (Wildman–Crippen LogP) is 3.75. The zero-order valence-electron chi connectivity index (χ0n) is 13.8. The molecule has 0 aliphatic carbocycles. The maximum atomic E-state index is 11.7. The lowest BCUT2D eigenvalue weighted by atomic mass is 9.81. The van der Waals surface area contributed by atoms with Gasteiger partial charge in [-0.2, -0.15) is 0 Å². The molecule has 0 spiro atoms. The fourth-order valence-electron chi connectivity index (χ4n) is 2.80. The molecule has 1 heterocycles.